The highest BCUT2D eigenvalue weighted by molar-refractivity contribution is 6.39. The van der Waals surface area contributed by atoms with Crippen molar-refractivity contribution in [2.75, 3.05) is 48.9 Å². The number of hydrogen-bond donors (Lipinski definition) is 5. The van der Waals surface area contributed by atoms with E-state index < -0.39 is 41.9 Å². The van der Waals surface area contributed by atoms with Crippen molar-refractivity contribution in [3.63, 3.8) is 0 Å². The maximum Gasteiger partial charge on any atom is 0.422 e. The number of hydrogen-bond acceptors (Lipinski definition) is 11. The zero-order valence-corrected chi connectivity index (χ0v) is 28.3. The molecule has 0 saturated heterocycles. The first-order valence-corrected chi connectivity index (χ1v) is 16.2. The van der Waals surface area contributed by atoms with Crippen LogP contribution in [0.1, 0.15) is 36.2 Å². The molecule has 0 aliphatic carbocycles. The van der Waals surface area contributed by atoms with E-state index in [4.69, 9.17) is 14.2 Å². The molecule has 52 heavy (non-hydrogen) atoms. The number of fused-ring (bicyclic) bond motifs is 3. The van der Waals surface area contributed by atoms with Crippen molar-refractivity contribution in [1.29, 1.82) is 0 Å². The highest BCUT2D eigenvalue weighted by Crippen LogP contribution is 2.22. The number of carbonyl (C=O) groups excluding carboxylic acids is 3. The zero-order chi connectivity index (χ0) is 37.1. The second kappa shape index (κ2) is 16.7. The van der Waals surface area contributed by atoms with E-state index in [-0.39, 0.29) is 31.5 Å². The fourth-order valence-corrected chi connectivity index (χ4v) is 4.57. The second-order valence-electron chi connectivity index (χ2n) is 12.4. The largest absolute Gasteiger partial charge is 0.493 e. The number of anilines is 4. The molecule has 8 bridgehead atoms. The number of rotatable bonds is 2. The number of nitrogens with one attached hydrogen (secondary N) is 5. The van der Waals surface area contributed by atoms with Gasteiger partial charge in [-0.2, -0.15) is 28.1 Å². The lowest BCUT2D eigenvalue weighted by molar-refractivity contribution is -0.154. The van der Waals surface area contributed by atoms with Crippen molar-refractivity contribution in [2.45, 2.75) is 33.0 Å². The Bertz CT molecular complexity index is 1840. The summed E-state index contributed by atoms with van der Waals surface area (Å²) in [5.41, 5.74) is 1.36. The lowest BCUT2D eigenvalue weighted by atomic mass is 9.93. The van der Waals surface area contributed by atoms with Gasteiger partial charge >= 0.3 is 24.0 Å². The summed E-state index contributed by atoms with van der Waals surface area (Å²) in [6.07, 6.45) is -4.03. The van der Waals surface area contributed by atoms with E-state index in [2.05, 4.69) is 41.5 Å². The molecular weight excluding hydrogens is 685 g/mol. The first-order valence-electron chi connectivity index (χ1n) is 16.2. The van der Waals surface area contributed by atoms with Gasteiger partial charge < -0.3 is 40.8 Å². The van der Waals surface area contributed by atoms with Crippen molar-refractivity contribution in [3.8, 4) is 17.5 Å². The summed E-state index contributed by atoms with van der Waals surface area (Å²) in [6.45, 7) is 3.28. The number of carbonyl (C=O) groups is 3. The Morgan fingerprint density at radius 3 is 1.88 bits per heavy atom. The van der Waals surface area contributed by atoms with Gasteiger partial charge in [-0.05, 0) is 71.6 Å². The molecule has 0 radical (unpaired) electrons. The molecule has 5 N–H and O–H groups in total. The fourth-order valence-electron chi connectivity index (χ4n) is 4.57. The van der Waals surface area contributed by atoms with E-state index in [0.29, 0.717) is 48.1 Å². The van der Waals surface area contributed by atoms with Crippen molar-refractivity contribution < 1.29 is 41.8 Å². The van der Waals surface area contributed by atoms with Crippen LogP contribution < -0.4 is 40.8 Å². The number of alkyl halides is 3. The molecule has 5 heterocycles. The van der Waals surface area contributed by atoms with Crippen LogP contribution in [0, 0.1) is 5.41 Å². The molecule has 0 spiro atoms. The Labute approximate surface area is 296 Å². The summed E-state index contributed by atoms with van der Waals surface area (Å²) in [6, 6.07) is 19.4. The molecular formula is C35H37F3N8O6. The van der Waals surface area contributed by atoms with Gasteiger partial charge in [0.1, 0.15) is 11.5 Å². The maximum absolute atomic E-state index is 12.9. The minimum atomic E-state index is -4.61. The summed E-state index contributed by atoms with van der Waals surface area (Å²) in [5, 5.41) is 13.8. The molecule has 4 aromatic rings. The standard InChI is InChI=1S/C35H37F3N8O6/c1-34(2)19-40-28(47)23-6-8-25(9-7-23)43-32-44-31(45-33(46-32)52-21-35(36,37)38)39-18-22-4-12-26(13-5-22)50-16-3-17-51-27-14-10-24(11-15-27)42-30(49)29(48)41-20-34/h4-15H,3,16-21H2,1-2H3,(H,40,47)(H,41,48)(H,42,49)(H2,39,43,44,45,46). The molecule has 1 aromatic heterocycles. The Kier molecular flexibility index (Phi) is 11.9. The van der Waals surface area contributed by atoms with Gasteiger partial charge in [0.05, 0.1) is 13.2 Å². The number of aromatic nitrogens is 3. The molecule has 274 valence electrons. The number of benzene rings is 3. The normalized spacial score (nSPS) is 16.0. The molecule has 17 heteroatoms. The van der Waals surface area contributed by atoms with Crippen LogP contribution in [0.15, 0.2) is 72.8 Å². The minimum Gasteiger partial charge on any atom is -0.493 e. The third kappa shape index (κ3) is 11.7. The molecule has 0 unspecified atom stereocenters. The number of nitrogens with zero attached hydrogens (tertiary/aromatic N) is 3. The second-order valence-corrected chi connectivity index (χ2v) is 12.4. The van der Waals surface area contributed by atoms with E-state index in [1.54, 1.807) is 48.5 Å². The van der Waals surface area contributed by atoms with Crippen molar-refractivity contribution in [1.82, 2.24) is 25.6 Å². The predicted octanol–water partition coefficient (Wildman–Crippen LogP) is 4.84. The van der Waals surface area contributed by atoms with Gasteiger partial charge in [0.15, 0.2) is 6.61 Å². The van der Waals surface area contributed by atoms with Crippen LogP contribution in [0.3, 0.4) is 0 Å². The average Bonchev–Trinajstić information content (AvgIpc) is 3.12. The van der Waals surface area contributed by atoms with E-state index in [1.165, 1.54) is 12.1 Å². The lowest BCUT2D eigenvalue weighted by Crippen LogP contribution is -2.44. The van der Waals surface area contributed by atoms with Crippen molar-refractivity contribution in [2.24, 2.45) is 5.41 Å². The fraction of sp³-hybridized carbons (Fsp3) is 0.314. The molecule has 0 saturated carbocycles. The number of ether oxygens (including phenoxy) is 3. The van der Waals surface area contributed by atoms with Crippen LogP contribution in [0.2, 0.25) is 0 Å². The monoisotopic (exact) mass is 722 g/mol. The summed E-state index contributed by atoms with van der Waals surface area (Å²) < 4.78 is 55.0. The van der Waals surface area contributed by atoms with E-state index in [1.807, 2.05) is 26.0 Å². The molecule has 3 aromatic carbocycles. The van der Waals surface area contributed by atoms with E-state index in [0.717, 1.165) is 5.56 Å². The van der Waals surface area contributed by atoms with Crippen LogP contribution in [0.5, 0.6) is 17.5 Å². The summed E-state index contributed by atoms with van der Waals surface area (Å²) in [4.78, 5) is 50.1. The Balaban J connectivity index is 1.31. The van der Waals surface area contributed by atoms with E-state index in [9.17, 15) is 27.6 Å². The molecule has 3 amide bonds. The molecule has 0 atom stereocenters. The zero-order valence-electron chi connectivity index (χ0n) is 28.3. The van der Waals surface area contributed by atoms with Gasteiger partial charge in [0.25, 0.3) is 5.91 Å². The first kappa shape index (κ1) is 37.1. The molecule has 0 fully saturated rings. The van der Waals surface area contributed by atoms with Crippen LogP contribution in [0.4, 0.5) is 36.4 Å². The third-order valence-electron chi connectivity index (χ3n) is 7.36. The Morgan fingerprint density at radius 1 is 0.692 bits per heavy atom. The quantitative estimate of drug-likeness (QED) is 0.179. The number of halogens is 3. The molecule has 4 aliphatic heterocycles. The van der Waals surface area contributed by atoms with Gasteiger partial charge in [0, 0.05) is 43.0 Å². The van der Waals surface area contributed by atoms with Crippen molar-refractivity contribution in [3.05, 3.63) is 83.9 Å². The van der Waals surface area contributed by atoms with Crippen LogP contribution in [-0.4, -0.2) is 71.8 Å². The van der Waals surface area contributed by atoms with Gasteiger partial charge in [-0.3, -0.25) is 14.4 Å². The van der Waals surface area contributed by atoms with Crippen LogP contribution in [-0.2, 0) is 16.1 Å². The SMILES string of the molecule is CC1(C)CNC(=O)C(=O)Nc2ccc(cc2)OCCCOc2ccc(cc2)CNc2nc(nc(OCC(F)(F)F)n2)Nc2ccc(cc2)C(=O)NC1. The average molecular weight is 723 g/mol. The summed E-state index contributed by atoms with van der Waals surface area (Å²) >= 11 is 0. The van der Waals surface area contributed by atoms with Gasteiger partial charge in [-0.1, -0.05) is 26.0 Å². The summed E-state index contributed by atoms with van der Waals surface area (Å²) in [7, 11) is 0. The van der Waals surface area contributed by atoms with Gasteiger partial charge in [-0.15, -0.1) is 0 Å². The molecule has 8 rings (SSSR count). The van der Waals surface area contributed by atoms with E-state index >= 15 is 0 Å². The molecule has 4 aliphatic rings. The van der Waals surface area contributed by atoms with Gasteiger partial charge in [-0.25, -0.2) is 0 Å². The topological polar surface area (TPSA) is 178 Å². The Hall–Kier alpha value is -6.13. The van der Waals surface area contributed by atoms with Crippen molar-refractivity contribution >= 4 is 41.0 Å². The number of amides is 3. The Morgan fingerprint density at radius 2 is 1.25 bits per heavy atom. The minimum absolute atomic E-state index is 0.0361. The maximum atomic E-state index is 12.9. The lowest BCUT2D eigenvalue weighted by Gasteiger charge is -2.25. The highest BCUT2D eigenvalue weighted by Gasteiger charge is 2.29. The smallest absolute Gasteiger partial charge is 0.422 e. The highest BCUT2D eigenvalue weighted by atomic mass is 19.4. The summed E-state index contributed by atoms with van der Waals surface area (Å²) in [5.74, 6) is -0.996. The van der Waals surface area contributed by atoms with Gasteiger partial charge in [0.2, 0.25) is 11.9 Å². The third-order valence-corrected chi connectivity index (χ3v) is 7.36. The first-order chi connectivity index (χ1) is 24.8. The van der Waals surface area contributed by atoms with Crippen LogP contribution in [0.25, 0.3) is 0 Å². The van der Waals surface area contributed by atoms with Crippen LogP contribution >= 0.6 is 0 Å². The predicted molar refractivity (Wildman–Crippen MR) is 185 cm³/mol. The molecule has 14 nitrogen and oxygen atoms in total.